The van der Waals surface area contributed by atoms with Crippen LogP contribution in [0.4, 0.5) is 9.18 Å². The van der Waals surface area contributed by atoms with Crippen LogP contribution in [0.5, 0.6) is 5.75 Å². The molecule has 3 fully saturated rings. The summed E-state index contributed by atoms with van der Waals surface area (Å²) in [6.07, 6.45) is 8.02. The number of unbranched alkanes of at least 4 members (excludes halogenated alkanes) is 2. The average Bonchev–Trinajstić information content (AvgIpc) is 3.35. The molecule has 0 bridgehead atoms. The van der Waals surface area contributed by atoms with Gasteiger partial charge in [-0.1, -0.05) is 25.3 Å². The lowest BCUT2D eigenvalue weighted by atomic mass is 10.1. The summed E-state index contributed by atoms with van der Waals surface area (Å²) in [5.74, 6) is -0.0409. The summed E-state index contributed by atoms with van der Waals surface area (Å²) in [4.78, 5) is 24.5. The fourth-order valence-electron chi connectivity index (χ4n) is 4.80. The molecular formula is C24H34FN3O5S. The number of nitrogens with one attached hydrogen (secondary N) is 2. The van der Waals surface area contributed by atoms with Crippen LogP contribution in [0.3, 0.4) is 0 Å². The standard InChI is InChI=1S/C24H34FN3O5S/c25-20-9-8-19(16-21(20)33-17-18-6-2-3-7-18)24(11-12-24)27-34(31,32)15-5-1-4-13-28-14-10-22(29)26-23(28)30/h8-9,16,18,27H,1-7,10-15,17H2,(H,26,29,30). The van der Waals surface area contributed by atoms with E-state index in [2.05, 4.69) is 10.0 Å². The van der Waals surface area contributed by atoms with Crippen molar-refractivity contribution >= 4 is 22.0 Å². The zero-order chi connectivity index (χ0) is 24.2. The number of urea groups is 1. The summed E-state index contributed by atoms with van der Waals surface area (Å²) < 4.78 is 48.4. The van der Waals surface area contributed by atoms with Gasteiger partial charge in [-0.3, -0.25) is 10.1 Å². The molecule has 0 atom stereocenters. The Bertz CT molecular complexity index is 1010. The van der Waals surface area contributed by atoms with Gasteiger partial charge in [-0.15, -0.1) is 0 Å². The first-order valence-electron chi connectivity index (χ1n) is 12.3. The first-order valence-corrected chi connectivity index (χ1v) is 13.9. The molecule has 0 unspecified atom stereocenters. The minimum atomic E-state index is -3.52. The number of carbonyl (C=O) groups excluding carboxylic acids is 2. The number of benzene rings is 1. The summed E-state index contributed by atoms with van der Waals surface area (Å²) in [5.41, 5.74) is 0.0562. The first kappa shape index (κ1) is 24.9. The smallest absolute Gasteiger partial charge is 0.324 e. The molecule has 2 aliphatic carbocycles. The van der Waals surface area contributed by atoms with E-state index in [-0.39, 0.29) is 23.4 Å². The highest BCUT2D eigenvalue weighted by atomic mass is 32.2. The van der Waals surface area contributed by atoms with Crippen LogP contribution < -0.4 is 14.8 Å². The van der Waals surface area contributed by atoms with E-state index >= 15 is 0 Å². The Balaban J connectivity index is 1.25. The molecule has 1 saturated heterocycles. The second kappa shape index (κ2) is 10.6. The number of hydrogen-bond donors (Lipinski definition) is 2. The van der Waals surface area contributed by atoms with Crippen molar-refractivity contribution in [1.29, 1.82) is 0 Å². The molecule has 2 N–H and O–H groups in total. The lowest BCUT2D eigenvalue weighted by molar-refractivity contribution is -0.121. The van der Waals surface area contributed by atoms with Crippen LogP contribution in [0, 0.1) is 11.7 Å². The number of hydrogen-bond acceptors (Lipinski definition) is 5. The number of nitrogens with zero attached hydrogens (tertiary/aromatic N) is 1. The predicted octanol–water partition coefficient (Wildman–Crippen LogP) is 3.42. The summed E-state index contributed by atoms with van der Waals surface area (Å²) in [6, 6.07) is 4.26. The van der Waals surface area contributed by atoms with Crippen LogP contribution in [-0.2, 0) is 20.4 Å². The lowest BCUT2D eigenvalue weighted by Gasteiger charge is -2.26. The number of amides is 3. The molecule has 2 saturated carbocycles. The maximum Gasteiger partial charge on any atom is 0.324 e. The van der Waals surface area contributed by atoms with Gasteiger partial charge in [0.15, 0.2) is 11.6 Å². The molecule has 0 aromatic heterocycles. The van der Waals surface area contributed by atoms with Gasteiger partial charge >= 0.3 is 6.03 Å². The van der Waals surface area contributed by atoms with Crippen LogP contribution in [-0.4, -0.2) is 50.7 Å². The second-order valence-corrected chi connectivity index (χ2v) is 11.6. The molecule has 188 valence electrons. The van der Waals surface area contributed by atoms with E-state index in [4.69, 9.17) is 4.74 Å². The Labute approximate surface area is 200 Å². The molecule has 8 nitrogen and oxygen atoms in total. The molecule has 3 amide bonds. The maximum absolute atomic E-state index is 14.3. The number of ether oxygens (including phenoxy) is 1. The highest BCUT2D eigenvalue weighted by Crippen LogP contribution is 2.47. The molecule has 1 aromatic rings. The minimum absolute atomic E-state index is 0.00827. The highest BCUT2D eigenvalue weighted by Gasteiger charge is 2.47. The van der Waals surface area contributed by atoms with E-state index in [0.29, 0.717) is 64.1 Å². The SMILES string of the molecule is O=C1CCN(CCCCCS(=O)(=O)NC2(c3ccc(F)c(OCC4CCCC4)c3)CC2)C(=O)N1. The largest absolute Gasteiger partial charge is 0.490 e. The predicted molar refractivity (Wildman–Crippen MR) is 125 cm³/mol. The van der Waals surface area contributed by atoms with Crippen molar-refractivity contribution in [3.63, 3.8) is 0 Å². The van der Waals surface area contributed by atoms with Gasteiger partial charge in [-0.25, -0.2) is 22.3 Å². The molecule has 0 radical (unpaired) electrons. The van der Waals surface area contributed by atoms with Crippen molar-refractivity contribution in [2.24, 2.45) is 5.92 Å². The van der Waals surface area contributed by atoms with Gasteiger partial charge in [0, 0.05) is 19.5 Å². The Morgan fingerprint density at radius 2 is 1.91 bits per heavy atom. The van der Waals surface area contributed by atoms with Gasteiger partial charge in [0.05, 0.1) is 17.9 Å². The Morgan fingerprint density at radius 3 is 2.62 bits per heavy atom. The van der Waals surface area contributed by atoms with E-state index in [1.165, 1.54) is 18.9 Å². The molecule has 10 heteroatoms. The summed E-state index contributed by atoms with van der Waals surface area (Å²) >= 11 is 0. The molecule has 3 aliphatic rings. The molecule has 0 spiro atoms. The molecule has 34 heavy (non-hydrogen) atoms. The van der Waals surface area contributed by atoms with E-state index in [9.17, 15) is 22.4 Å². The molecule has 4 rings (SSSR count). The number of rotatable bonds is 12. The van der Waals surface area contributed by atoms with Gasteiger partial charge in [0.1, 0.15) is 0 Å². The third kappa shape index (κ3) is 6.47. The average molecular weight is 496 g/mol. The summed E-state index contributed by atoms with van der Waals surface area (Å²) in [7, 11) is -3.52. The quantitative estimate of drug-likeness (QED) is 0.433. The minimum Gasteiger partial charge on any atom is -0.490 e. The summed E-state index contributed by atoms with van der Waals surface area (Å²) in [5, 5.41) is 2.28. The van der Waals surface area contributed by atoms with E-state index in [1.54, 1.807) is 17.0 Å². The van der Waals surface area contributed by atoms with Gasteiger partial charge in [-0.2, -0.15) is 0 Å². The van der Waals surface area contributed by atoms with Gasteiger partial charge in [0.2, 0.25) is 15.9 Å². The van der Waals surface area contributed by atoms with Gasteiger partial charge in [0.25, 0.3) is 0 Å². The van der Waals surface area contributed by atoms with Gasteiger partial charge in [-0.05, 0) is 62.1 Å². The zero-order valence-electron chi connectivity index (χ0n) is 19.5. The third-order valence-corrected chi connectivity index (χ3v) is 8.55. The molecule has 1 aliphatic heterocycles. The van der Waals surface area contributed by atoms with Crippen molar-refractivity contribution in [3.05, 3.63) is 29.6 Å². The van der Waals surface area contributed by atoms with Crippen LogP contribution in [0.25, 0.3) is 0 Å². The Morgan fingerprint density at radius 1 is 1.15 bits per heavy atom. The second-order valence-electron chi connectivity index (χ2n) is 9.76. The van der Waals surface area contributed by atoms with Crippen molar-refractivity contribution in [2.75, 3.05) is 25.4 Å². The van der Waals surface area contributed by atoms with Gasteiger partial charge < -0.3 is 9.64 Å². The van der Waals surface area contributed by atoms with Crippen LogP contribution in [0.1, 0.15) is 69.8 Å². The molecular weight excluding hydrogens is 461 g/mol. The zero-order valence-corrected chi connectivity index (χ0v) is 20.3. The number of imide groups is 1. The van der Waals surface area contributed by atoms with Crippen LogP contribution in [0.2, 0.25) is 0 Å². The van der Waals surface area contributed by atoms with E-state index in [0.717, 1.165) is 18.4 Å². The third-order valence-electron chi connectivity index (χ3n) is 7.02. The highest BCUT2D eigenvalue weighted by molar-refractivity contribution is 7.89. The lowest BCUT2D eigenvalue weighted by Crippen LogP contribution is -2.49. The number of sulfonamides is 1. The first-order chi connectivity index (χ1) is 16.3. The van der Waals surface area contributed by atoms with Crippen molar-refractivity contribution in [2.45, 2.75) is 69.7 Å². The van der Waals surface area contributed by atoms with Crippen molar-refractivity contribution < 1.29 is 27.1 Å². The maximum atomic E-state index is 14.3. The summed E-state index contributed by atoms with van der Waals surface area (Å²) in [6.45, 7) is 1.39. The van der Waals surface area contributed by atoms with Crippen molar-refractivity contribution in [3.8, 4) is 5.75 Å². The fraction of sp³-hybridized carbons (Fsp3) is 0.667. The number of halogens is 1. The van der Waals surface area contributed by atoms with E-state index < -0.39 is 21.4 Å². The molecule has 1 heterocycles. The number of carbonyl (C=O) groups is 2. The Kier molecular flexibility index (Phi) is 7.77. The molecule has 1 aromatic carbocycles. The normalized spacial score (nSPS) is 20.4. The van der Waals surface area contributed by atoms with Crippen LogP contribution >= 0.6 is 0 Å². The van der Waals surface area contributed by atoms with E-state index in [1.807, 2.05) is 0 Å². The Hall–Kier alpha value is -2.20. The van der Waals surface area contributed by atoms with Crippen LogP contribution in [0.15, 0.2) is 18.2 Å². The topological polar surface area (TPSA) is 105 Å². The fourth-order valence-corrected chi connectivity index (χ4v) is 6.41. The monoisotopic (exact) mass is 495 g/mol. The van der Waals surface area contributed by atoms with Crippen molar-refractivity contribution in [1.82, 2.24) is 14.9 Å².